The summed E-state index contributed by atoms with van der Waals surface area (Å²) in [4.78, 5) is 23.8. The van der Waals surface area contributed by atoms with E-state index in [1.54, 1.807) is 31.0 Å². The molecule has 0 aliphatic heterocycles. The SMILES string of the molecule is CC(CN(C)c1cc(Cl)ccc1C(N)=O)C(=O)O. The van der Waals surface area contributed by atoms with Crippen LogP contribution in [0.5, 0.6) is 0 Å². The highest BCUT2D eigenvalue weighted by Gasteiger charge is 2.17. The second-order valence-electron chi connectivity index (χ2n) is 4.15. The summed E-state index contributed by atoms with van der Waals surface area (Å²) in [5.74, 6) is -2.03. The fourth-order valence-electron chi connectivity index (χ4n) is 1.62. The number of aliphatic carboxylic acids is 1. The van der Waals surface area contributed by atoms with Crippen molar-refractivity contribution in [2.75, 3.05) is 18.5 Å². The largest absolute Gasteiger partial charge is 0.481 e. The molecule has 0 aromatic heterocycles. The van der Waals surface area contributed by atoms with Crippen LogP contribution in [0, 0.1) is 5.92 Å². The minimum atomic E-state index is -0.899. The Hall–Kier alpha value is -1.75. The first kappa shape index (κ1) is 14.3. The van der Waals surface area contributed by atoms with Crippen molar-refractivity contribution in [1.29, 1.82) is 0 Å². The second kappa shape index (κ2) is 5.73. The summed E-state index contributed by atoms with van der Waals surface area (Å²) < 4.78 is 0. The molecule has 0 heterocycles. The molecule has 1 rings (SSSR count). The van der Waals surface area contributed by atoms with Crippen molar-refractivity contribution in [3.63, 3.8) is 0 Å². The molecular weight excluding hydrogens is 256 g/mol. The topological polar surface area (TPSA) is 83.6 Å². The van der Waals surface area contributed by atoms with Gasteiger partial charge in [0.05, 0.1) is 17.2 Å². The average Bonchev–Trinajstić information content (AvgIpc) is 2.28. The lowest BCUT2D eigenvalue weighted by Gasteiger charge is -2.23. The predicted molar refractivity (Wildman–Crippen MR) is 70.0 cm³/mol. The Kier molecular flexibility index (Phi) is 4.55. The molecule has 5 nitrogen and oxygen atoms in total. The first-order chi connectivity index (χ1) is 8.32. The van der Waals surface area contributed by atoms with Crippen LogP contribution in [0.4, 0.5) is 5.69 Å². The fraction of sp³-hybridized carbons (Fsp3) is 0.333. The maximum atomic E-state index is 11.3. The third kappa shape index (κ3) is 3.37. The van der Waals surface area contributed by atoms with E-state index in [1.165, 1.54) is 6.07 Å². The van der Waals surface area contributed by atoms with E-state index in [0.29, 0.717) is 16.3 Å². The van der Waals surface area contributed by atoms with Crippen LogP contribution < -0.4 is 10.6 Å². The van der Waals surface area contributed by atoms with Gasteiger partial charge in [-0.05, 0) is 18.2 Å². The molecule has 1 atom stereocenters. The number of carboxylic acid groups (broad SMARTS) is 1. The van der Waals surface area contributed by atoms with Crippen molar-refractivity contribution in [1.82, 2.24) is 0 Å². The second-order valence-corrected chi connectivity index (χ2v) is 4.58. The normalized spacial score (nSPS) is 11.9. The van der Waals surface area contributed by atoms with Gasteiger partial charge in [0.25, 0.3) is 5.91 Å². The van der Waals surface area contributed by atoms with Crippen molar-refractivity contribution in [3.05, 3.63) is 28.8 Å². The molecule has 0 spiro atoms. The first-order valence-electron chi connectivity index (χ1n) is 5.36. The molecule has 1 amide bonds. The fourth-order valence-corrected chi connectivity index (χ4v) is 1.78. The minimum absolute atomic E-state index is 0.260. The number of anilines is 1. The van der Waals surface area contributed by atoms with Crippen molar-refractivity contribution >= 4 is 29.2 Å². The number of carbonyl (C=O) groups is 2. The predicted octanol–water partition coefficient (Wildman–Crippen LogP) is 1.60. The van der Waals surface area contributed by atoms with Gasteiger partial charge in [0.1, 0.15) is 0 Å². The number of halogens is 1. The van der Waals surface area contributed by atoms with Gasteiger partial charge in [0, 0.05) is 18.6 Å². The van der Waals surface area contributed by atoms with Gasteiger partial charge < -0.3 is 15.7 Å². The first-order valence-corrected chi connectivity index (χ1v) is 5.74. The molecule has 1 unspecified atom stereocenters. The number of hydrogen-bond acceptors (Lipinski definition) is 3. The number of carbonyl (C=O) groups excluding carboxylic acids is 1. The molecule has 0 saturated heterocycles. The van der Waals surface area contributed by atoms with E-state index >= 15 is 0 Å². The molecule has 0 aliphatic rings. The lowest BCUT2D eigenvalue weighted by Crippen LogP contribution is -2.30. The van der Waals surface area contributed by atoms with Crippen LogP contribution in [0.1, 0.15) is 17.3 Å². The number of carboxylic acids is 1. The Balaban J connectivity index is 3.03. The number of nitrogens with zero attached hydrogens (tertiary/aromatic N) is 1. The summed E-state index contributed by atoms with van der Waals surface area (Å²) in [6.07, 6.45) is 0. The van der Waals surface area contributed by atoms with Crippen LogP contribution in [-0.2, 0) is 4.79 Å². The summed E-state index contributed by atoms with van der Waals surface area (Å²) in [6.45, 7) is 1.85. The summed E-state index contributed by atoms with van der Waals surface area (Å²) in [6, 6.07) is 4.69. The van der Waals surface area contributed by atoms with E-state index in [4.69, 9.17) is 22.4 Å². The minimum Gasteiger partial charge on any atom is -0.481 e. The average molecular weight is 271 g/mol. The van der Waals surface area contributed by atoms with Crippen molar-refractivity contribution in [3.8, 4) is 0 Å². The van der Waals surface area contributed by atoms with Crippen molar-refractivity contribution in [2.24, 2.45) is 11.7 Å². The highest BCUT2D eigenvalue weighted by atomic mass is 35.5. The quantitative estimate of drug-likeness (QED) is 0.851. The highest BCUT2D eigenvalue weighted by molar-refractivity contribution is 6.31. The molecule has 3 N–H and O–H groups in total. The van der Waals surface area contributed by atoms with Gasteiger partial charge in [-0.15, -0.1) is 0 Å². The van der Waals surface area contributed by atoms with E-state index in [9.17, 15) is 9.59 Å². The summed E-state index contributed by atoms with van der Waals surface area (Å²) >= 11 is 5.87. The summed E-state index contributed by atoms with van der Waals surface area (Å²) in [7, 11) is 1.69. The van der Waals surface area contributed by atoms with Crippen LogP contribution in [0.2, 0.25) is 5.02 Å². The molecule has 0 bridgehead atoms. The molecule has 1 aromatic rings. The van der Waals surface area contributed by atoms with Gasteiger partial charge >= 0.3 is 5.97 Å². The molecule has 18 heavy (non-hydrogen) atoms. The molecule has 98 valence electrons. The zero-order valence-electron chi connectivity index (χ0n) is 10.2. The van der Waals surface area contributed by atoms with E-state index < -0.39 is 17.8 Å². The number of rotatable bonds is 5. The molecule has 0 radical (unpaired) electrons. The van der Waals surface area contributed by atoms with Crippen molar-refractivity contribution < 1.29 is 14.7 Å². The number of nitrogens with two attached hydrogens (primary N) is 1. The molecular formula is C12H15ClN2O3. The molecule has 0 aliphatic carbocycles. The number of amides is 1. The van der Waals surface area contributed by atoms with Crippen LogP contribution in [0.3, 0.4) is 0 Å². The lowest BCUT2D eigenvalue weighted by atomic mass is 10.1. The summed E-state index contributed by atoms with van der Waals surface area (Å²) in [5.41, 5.74) is 6.12. The lowest BCUT2D eigenvalue weighted by molar-refractivity contribution is -0.140. The third-order valence-electron chi connectivity index (χ3n) is 2.61. The van der Waals surface area contributed by atoms with Gasteiger partial charge in [-0.1, -0.05) is 18.5 Å². The smallest absolute Gasteiger partial charge is 0.308 e. The van der Waals surface area contributed by atoms with Gasteiger partial charge in [-0.2, -0.15) is 0 Å². The van der Waals surface area contributed by atoms with E-state index in [0.717, 1.165) is 0 Å². The summed E-state index contributed by atoms with van der Waals surface area (Å²) in [5, 5.41) is 9.33. The number of hydrogen-bond donors (Lipinski definition) is 2. The van der Waals surface area contributed by atoms with E-state index in [2.05, 4.69) is 0 Å². The highest BCUT2D eigenvalue weighted by Crippen LogP contribution is 2.24. The molecule has 0 fully saturated rings. The molecule has 0 saturated carbocycles. The van der Waals surface area contributed by atoms with Gasteiger partial charge in [0.2, 0.25) is 0 Å². The van der Waals surface area contributed by atoms with Crippen molar-refractivity contribution in [2.45, 2.75) is 6.92 Å². The number of benzene rings is 1. The van der Waals surface area contributed by atoms with Crippen LogP contribution >= 0.6 is 11.6 Å². The molecule has 6 heteroatoms. The Morgan fingerprint density at radius 2 is 2.11 bits per heavy atom. The Morgan fingerprint density at radius 1 is 1.50 bits per heavy atom. The molecule has 1 aromatic carbocycles. The monoisotopic (exact) mass is 270 g/mol. The van der Waals surface area contributed by atoms with Gasteiger partial charge in [-0.25, -0.2) is 0 Å². The zero-order chi connectivity index (χ0) is 13.9. The van der Waals surface area contributed by atoms with Crippen LogP contribution in [-0.4, -0.2) is 30.6 Å². The standard InChI is InChI=1S/C12H15ClN2O3/c1-7(12(17)18)6-15(2)10-5-8(13)3-4-9(10)11(14)16/h3-5,7H,6H2,1-2H3,(H2,14,16)(H,17,18). The maximum absolute atomic E-state index is 11.3. The number of primary amides is 1. The van der Waals surface area contributed by atoms with Crippen LogP contribution in [0.25, 0.3) is 0 Å². The van der Waals surface area contributed by atoms with Gasteiger partial charge in [0.15, 0.2) is 0 Å². The van der Waals surface area contributed by atoms with E-state index in [1.807, 2.05) is 0 Å². The Morgan fingerprint density at radius 3 is 2.61 bits per heavy atom. The van der Waals surface area contributed by atoms with Crippen LogP contribution in [0.15, 0.2) is 18.2 Å². The Bertz CT molecular complexity index is 476. The zero-order valence-corrected chi connectivity index (χ0v) is 10.9. The third-order valence-corrected chi connectivity index (χ3v) is 2.84. The Labute approximate surface area is 110 Å². The van der Waals surface area contributed by atoms with Gasteiger partial charge in [-0.3, -0.25) is 9.59 Å². The van der Waals surface area contributed by atoms with E-state index in [-0.39, 0.29) is 6.54 Å². The maximum Gasteiger partial charge on any atom is 0.308 e.